The van der Waals surface area contributed by atoms with Crippen LogP contribution in [-0.4, -0.2) is 41.5 Å². The number of benzene rings is 1. The predicted octanol–water partition coefficient (Wildman–Crippen LogP) is 3.15. The van der Waals surface area contributed by atoms with Crippen molar-refractivity contribution in [3.63, 3.8) is 0 Å². The summed E-state index contributed by atoms with van der Waals surface area (Å²) in [6.07, 6.45) is 5.16. The number of rotatable bonds is 7. The summed E-state index contributed by atoms with van der Waals surface area (Å²) in [6.45, 7) is 2.00. The highest BCUT2D eigenvalue weighted by atomic mass is 32.2. The van der Waals surface area contributed by atoms with Gasteiger partial charge in [-0.1, -0.05) is 12.8 Å². The Morgan fingerprint density at radius 3 is 2.47 bits per heavy atom. The lowest BCUT2D eigenvalue weighted by Gasteiger charge is -2.27. The van der Waals surface area contributed by atoms with E-state index in [1.165, 1.54) is 37.8 Å². The zero-order valence-electron chi connectivity index (χ0n) is 11.2. The van der Waals surface area contributed by atoms with Crippen molar-refractivity contribution in [1.82, 2.24) is 4.90 Å². The van der Waals surface area contributed by atoms with Gasteiger partial charge in [-0.15, -0.1) is 11.8 Å². The molecule has 1 aromatic carbocycles. The van der Waals surface area contributed by atoms with E-state index in [1.807, 2.05) is 12.1 Å². The molecule has 0 radical (unpaired) electrons. The SMILES string of the molecule is OCCN(CCSc1ccc(F)cc1)C1CCCC1. The molecular weight excluding hydrogens is 261 g/mol. The summed E-state index contributed by atoms with van der Waals surface area (Å²) in [6, 6.07) is 7.31. The fraction of sp³-hybridized carbons (Fsp3) is 0.600. The second-order valence-corrected chi connectivity index (χ2v) is 6.17. The molecule has 0 saturated heterocycles. The van der Waals surface area contributed by atoms with Gasteiger partial charge in [0.25, 0.3) is 0 Å². The van der Waals surface area contributed by atoms with Gasteiger partial charge in [0.1, 0.15) is 5.82 Å². The monoisotopic (exact) mass is 283 g/mol. The molecule has 0 spiro atoms. The van der Waals surface area contributed by atoms with Crippen molar-refractivity contribution in [1.29, 1.82) is 0 Å². The lowest BCUT2D eigenvalue weighted by atomic mass is 10.2. The van der Waals surface area contributed by atoms with Crippen LogP contribution in [0, 0.1) is 5.82 Å². The summed E-state index contributed by atoms with van der Waals surface area (Å²) >= 11 is 1.75. The number of hydrogen-bond acceptors (Lipinski definition) is 3. The van der Waals surface area contributed by atoms with Crippen LogP contribution in [0.15, 0.2) is 29.2 Å². The van der Waals surface area contributed by atoms with Crippen molar-refractivity contribution in [3.8, 4) is 0 Å². The zero-order valence-corrected chi connectivity index (χ0v) is 12.0. The Morgan fingerprint density at radius 1 is 1.16 bits per heavy atom. The first-order valence-corrected chi connectivity index (χ1v) is 8.01. The smallest absolute Gasteiger partial charge is 0.123 e. The summed E-state index contributed by atoms with van der Waals surface area (Å²) in [7, 11) is 0. The first-order valence-electron chi connectivity index (χ1n) is 7.03. The number of thioether (sulfide) groups is 1. The number of hydrogen-bond donors (Lipinski definition) is 1. The standard InChI is InChI=1S/C15H22FNOS/c16-13-5-7-15(8-6-13)19-12-10-17(9-11-18)14-3-1-2-4-14/h5-8,14,18H,1-4,9-12H2. The molecule has 0 unspecified atom stereocenters. The van der Waals surface area contributed by atoms with Gasteiger partial charge in [-0.2, -0.15) is 0 Å². The highest BCUT2D eigenvalue weighted by Gasteiger charge is 2.21. The molecule has 1 aliphatic rings. The Bertz CT molecular complexity index is 365. The Morgan fingerprint density at radius 2 is 1.84 bits per heavy atom. The molecule has 0 aliphatic heterocycles. The lowest BCUT2D eigenvalue weighted by molar-refractivity contribution is 0.159. The molecule has 2 nitrogen and oxygen atoms in total. The van der Waals surface area contributed by atoms with Gasteiger partial charge in [0, 0.05) is 29.8 Å². The average molecular weight is 283 g/mol. The molecule has 0 aromatic heterocycles. The maximum absolute atomic E-state index is 12.8. The molecule has 0 atom stereocenters. The van der Waals surface area contributed by atoms with Gasteiger partial charge in [0.15, 0.2) is 0 Å². The number of aliphatic hydroxyl groups is 1. The molecule has 0 amide bonds. The third-order valence-electron chi connectivity index (χ3n) is 3.69. The van der Waals surface area contributed by atoms with E-state index in [9.17, 15) is 4.39 Å². The van der Waals surface area contributed by atoms with E-state index < -0.39 is 0 Å². The molecule has 4 heteroatoms. The third kappa shape index (κ3) is 4.79. The van der Waals surface area contributed by atoms with Gasteiger partial charge in [-0.05, 0) is 37.1 Å². The molecule has 2 rings (SSSR count). The van der Waals surface area contributed by atoms with Crippen LogP contribution in [0.3, 0.4) is 0 Å². The molecule has 106 valence electrons. The van der Waals surface area contributed by atoms with Crippen LogP contribution in [0.2, 0.25) is 0 Å². The summed E-state index contributed by atoms with van der Waals surface area (Å²) in [4.78, 5) is 3.51. The van der Waals surface area contributed by atoms with Gasteiger partial charge >= 0.3 is 0 Å². The fourth-order valence-electron chi connectivity index (χ4n) is 2.69. The van der Waals surface area contributed by atoms with Crippen molar-refractivity contribution < 1.29 is 9.50 Å². The van der Waals surface area contributed by atoms with Crippen molar-refractivity contribution >= 4 is 11.8 Å². The average Bonchev–Trinajstić information content (AvgIpc) is 2.94. The molecule has 0 bridgehead atoms. The minimum absolute atomic E-state index is 0.183. The van der Waals surface area contributed by atoms with Crippen LogP contribution in [0.5, 0.6) is 0 Å². The number of halogens is 1. The molecule has 19 heavy (non-hydrogen) atoms. The summed E-state index contributed by atoms with van der Waals surface area (Å²) < 4.78 is 12.8. The molecule has 1 aliphatic carbocycles. The Kier molecular flexibility index (Phi) is 6.14. The van der Waals surface area contributed by atoms with Crippen molar-refractivity contribution in [2.24, 2.45) is 0 Å². The van der Waals surface area contributed by atoms with E-state index in [-0.39, 0.29) is 12.4 Å². The predicted molar refractivity (Wildman–Crippen MR) is 78.0 cm³/mol. The summed E-state index contributed by atoms with van der Waals surface area (Å²) in [5.41, 5.74) is 0. The summed E-state index contributed by atoms with van der Waals surface area (Å²) in [5.74, 6) is 0.805. The Balaban J connectivity index is 1.76. The molecular formula is C15H22FNOS. The van der Waals surface area contributed by atoms with Crippen LogP contribution in [0.25, 0.3) is 0 Å². The summed E-state index contributed by atoms with van der Waals surface area (Å²) in [5, 5.41) is 9.15. The quantitative estimate of drug-likeness (QED) is 0.778. The van der Waals surface area contributed by atoms with E-state index >= 15 is 0 Å². The maximum atomic E-state index is 12.8. The van der Waals surface area contributed by atoms with Gasteiger partial charge in [-0.3, -0.25) is 4.90 Å². The van der Waals surface area contributed by atoms with Crippen LogP contribution in [-0.2, 0) is 0 Å². The van der Waals surface area contributed by atoms with E-state index in [4.69, 9.17) is 5.11 Å². The van der Waals surface area contributed by atoms with Gasteiger partial charge < -0.3 is 5.11 Å². The van der Waals surface area contributed by atoms with Crippen LogP contribution < -0.4 is 0 Å². The van der Waals surface area contributed by atoms with Crippen LogP contribution in [0.1, 0.15) is 25.7 Å². The molecule has 1 aromatic rings. The van der Waals surface area contributed by atoms with Gasteiger partial charge in [0.2, 0.25) is 0 Å². The molecule has 0 heterocycles. The highest BCUT2D eigenvalue weighted by molar-refractivity contribution is 7.99. The molecule has 1 fully saturated rings. The largest absolute Gasteiger partial charge is 0.395 e. The fourth-order valence-corrected chi connectivity index (χ4v) is 3.58. The van der Waals surface area contributed by atoms with Crippen molar-refractivity contribution in [2.45, 2.75) is 36.6 Å². The van der Waals surface area contributed by atoms with Crippen LogP contribution >= 0.6 is 11.8 Å². The first-order chi connectivity index (χ1) is 9.29. The maximum Gasteiger partial charge on any atom is 0.123 e. The second kappa shape index (κ2) is 7.88. The molecule has 1 N–H and O–H groups in total. The highest BCUT2D eigenvalue weighted by Crippen LogP contribution is 2.24. The molecule has 1 saturated carbocycles. The second-order valence-electron chi connectivity index (χ2n) is 5.00. The number of aliphatic hydroxyl groups excluding tert-OH is 1. The van der Waals surface area contributed by atoms with Gasteiger partial charge in [-0.25, -0.2) is 4.39 Å². The van der Waals surface area contributed by atoms with Gasteiger partial charge in [0.05, 0.1) is 6.61 Å². The van der Waals surface area contributed by atoms with Crippen molar-refractivity contribution in [3.05, 3.63) is 30.1 Å². The first kappa shape index (κ1) is 14.8. The third-order valence-corrected chi connectivity index (χ3v) is 4.68. The minimum atomic E-state index is -0.183. The van der Waals surface area contributed by atoms with Crippen LogP contribution in [0.4, 0.5) is 4.39 Å². The zero-order chi connectivity index (χ0) is 13.5. The Labute approximate surface area is 119 Å². The minimum Gasteiger partial charge on any atom is -0.395 e. The normalized spacial score (nSPS) is 16.4. The number of nitrogens with zero attached hydrogens (tertiary/aromatic N) is 1. The topological polar surface area (TPSA) is 23.5 Å². The van der Waals surface area contributed by atoms with E-state index in [0.717, 1.165) is 23.7 Å². The van der Waals surface area contributed by atoms with E-state index in [2.05, 4.69) is 4.90 Å². The van der Waals surface area contributed by atoms with E-state index in [0.29, 0.717) is 6.04 Å². The lowest BCUT2D eigenvalue weighted by Crippen LogP contribution is -2.37. The van der Waals surface area contributed by atoms with Crippen molar-refractivity contribution in [2.75, 3.05) is 25.4 Å². The Hall–Kier alpha value is -0.580. The van der Waals surface area contributed by atoms with E-state index in [1.54, 1.807) is 11.8 Å².